The quantitative estimate of drug-likeness (QED) is 0.723. The maximum atomic E-state index is 12.5. The average Bonchev–Trinajstić information content (AvgIpc) is 3.16. The van der Waals surface area contributed by atoms with Crippen molar-refractivity contribution < 1.29 is 9.53 Å². The Balaban J connectivity index is 1.51. The van der Waals surface area contributed by atoms with Crippen LogP contribution in [0.5, 0.6) is 0 Å². The molecule has 0 bridgehead atoms. The Kier molecular flexibility index (Phi) is 4.32. The van der Waals surface area contributed by atoms with Gasteiger partial charge in [-0.15, -0.1) is 0 Å². The maximum absolute atomic E-state index is 12.5. The van der Waals surface area contributed by atoms with Crippen molar-refractivity contribution in [3.05, 3.63) is 70.4 Å². The molecule has 2 heterocycles. The van der Waals surface area contributed by atoms with Crippen LogP contribution in [0.4, 0.5) is 0 Å². The van der Waals surface area contributed by atoms with Crippen molar-refractivity contribution in [2.24, 2.45) is 0 Å². The Morgan fingerprint density at radius 2 is 2.04 bits per heavy atom. The normalized spacial score (nSPS) is 18.0. The molecule has 0 spiro atoms. The number of carbonyl (C=O) groups is 1. The van der Waals surface area contributed by atoms with Crippen LogP contribution in [0, 0.1) is 0 Å². The van der Waals surface area contributed by atoms with Crippen molar-refractivity contribution >= 4 is 28.0 Å². The minimum absolute atomic E-state index is 0.0483. The predicted molar refractivity (Wildman–Crippen MR) is 97.6 cm³/mol. The van der Waals surface area contributed by atoms with E-state index in [4.69, 9.17) is 4.74 Å². The topological polar surface area (TPSA) is 29.5 Å². The molecule has 1 atom stereocenters. The molecular formula is C20H19NO2S. The number of morpholine rings is 1. The Morgan fingerprint density at radius 3 is 2.92 bits per heavy atom. The lowest BCUT2D eigenvalue weighted by Crippen LogP contribution is -2.46. The van der Waals surface area contributed by atoms with Gasteiger partial charge in [-0.05, 0) is 27.8 Å². The SMILES string of the molecule is O=C(c1ccsc1)N1CCO[C@@H](Cc2cccc3ccccc23)C1. The second-order valence-electron chi connectivity index (χ2n) is 6.10. The summed E-state index contributed by atoms with van der Waals surface area (Å²) in [4.78, 5) is 14.5. The fraction of sp³-hybridized carbons (Fsp3) is 0.250. The number of ether oxygens (including phenoxy) is 1. The number of amides is 1. The van der Waals surface area contributed by atoms with Crippen molar-refractivity contribution in [1.29, 1.82) is 0 Å². The highest BCUT2D eigenvalue weighted by Gasteiger charge is 2.25. The molecule has 3 aromatic rings. The lowest BCUT2D eigenvalue weighted by Gasteiger charge is -2.33. The molecular weight excluding hydrogens is 318 g/mol. The average molecular weight is 337 g/mol. The molecule has 1 aliphatic heterocycles. The molecule has 1 saturated heterocycles. The number of rotatable bonds is 3. The Morgan fingerprint density at radius 1 is 1.17 bits per heavy atom. The van der Waals surface area contributed by atoms with E-state index < -0.39 is 0 Å². The van der Waals surface area contributed by atoms with Crippen LogP contribution in [0.25, 0.3) is 10.8 Å². The number of thiophene rings is 1. The third-order valence-corrected chi connectivity index (χ3v) is 5.20. The lowest BCUT2D eigenvalue weighted by molar-refractivity contribution is -0.0206. The minimum Gasteiger partial charge on any atom is -0.374 e. The summed E-state index contributed by atoms with van der Waals surface area (Å²) in [5, 5.41) is 6.38. The van der Waals surface area contributed by atoms with Gasteiger partial charge in [0.25, 0.3) is 5.91 Å². The van der Waals surface area contributed by atoms with Crippen molar-refractivity contribution in [3.63, 3.8) is 0 Å². The highest BCUT2D eigenvalue weighted by molar-refractivity contribution is 7.08. The van der Waals surface area contributed by atoms with Crippen LogP contribution in [0.2, 0.25) is 0 Å². The van der Waals surface area contributed by atoms with Gasteiger partial charge in [0, 0.05) is 24.9 Å². The summed E-state index contributed by atoms with van der Waals surface area (Å²) in [6.07, 6.45) is 0.876. The molecule has 1 amide bonds. The van der Waals surface area contributed by atoms with Crippen LogP contribution in [0.3, 0.4) is 0 Å². The van der Waals surface area contributed by atoms with Crippen molar-refractivity contribution in [3.8, 4) is 0 Å². The van der Waals surface area contributed by atoms with E-state index in [1.807, 2.05) is 21.7 Å². The van der Waals surface area contributed by atoms with E-state index in [9.17, 15) is 4.79 Å². The van der Waals surface area contributed by atoms with Gasteiger partial charge in [-0.3, -0.25) is 4.79 Å². The van der Waals surface area contributed by atoms with Gasteiger partial charge in [0.1, 0.15) is 0 Å². The third kappa shape index (κ3) is 3.07. The fourth-order valence-corrected chi connectivity index (χ4v) is 3.94. The van der Waals surface area contributed by atoms with Crippen LogP contribution in [-0.4, -0.2) is 36.6 Å². The van der Waals surface area contributed by atoms with Crippen molar-refractivity contribution in [2.75, 3.05) is 19.7 Å². The van der Waals surface area contributed by atoms with E-state index in [1.165, 1.54) is 16.3 Å². The first-order chi connectivity index (χ1) is 11.8. The molecule has 122 valence electrons. The Hall–Kier alpha value is -2.17. The fourth-order valence-electron chi connectivity index (χ4n) is 3.31. The van der Waals surface area contributed by atoms with Gasteiger partial charge in [0.15, 0.2) is 0 Å². The zero-order valence-corrected chi connectivity index (χ0v) is 14.2. The summed E-state index contributed by atoms with van der Waals surface area (Å²) >= 11 is 1.56. The zero-order valence-electron chi connectivity index (χ0n) is 13.4. The number of hydrogen-bond donors (Lipinski definition) is 0. The van der Waals surface area contributed by atoms with Crippen LogP contribution < -0.4 is 0 Å². The van der Waals surface area contributed by atoms with E-state index in [1.54, 1.807) is 11.3 Å². The van der Waals surface area contributed by atoms with E-state index in [2.05, 4.69) is 42.5 Å². The van der Waals surface area contributed by atoms with Crippen LogP contribution >= 0.6 is 11.3 Å². The van der Waals surface area contributed by atoms with Crippen LogP contribution in [0.15, 0.2) is 59.3 Å². The molecule has 0 N–H and O–H groups in total. The Bertz CT molecular complexity index is 838. The molecule has 1 aliphatic rings. The molecule has 4 heteroatoms. The standard InChI is InChI=1S/C20H19NO2S/c22-20(17-8-11-24-14-17)21-9-10-23-18(13-21)12-16-6-3-5-15-4-1-2-7-19(15)16/h1-8,11,14,18H,9-10,12-13H2/t18-/m0/s1. The number of hydrogen-bond acceptors (Lipinski definition) is 3. The number of carbonyl (C=O) groups excluding carboxylic acids is 1. The first-order valence-corrected chi connectivity index (χ1v) is 9.15. The summed E-state index contributed by atoms with van der Waals surface area (Å²) in [5.41, 5.74) is 2.06. The third-order valence-electron chi connectivity index (χ3n) is 4.52. The summed E-state index contributed by atoms with van der Waals surface area (Å²) in [7, 11) is 0. The molecule has 3 nitrogen and oxygen atoms in total. The van der Waals surface area contributed by atoms with Gasteiger partial charge in [-0.25, -0.2) is 0 Å². The van der Waals surface area contributed by atoms with Crippen molar-refractivity contribution in [2.45, 2.75) is 12.5 Å². The van der Waals surface area contributed by atoms with Crippen LogP contribution in [-0.2, 0) is 11.2 Å². The summed E-state index contributed by atoms with van der Waals surface area (Å²) in [5.74, 6) is 0.113. The number of nitrogens with zero attached hydrogens (tertiary/aromatic N) is 1. The summed E-state index contributed by atoms with van der Waals surface area (Å²) in [6, 6.07) is 16.7. The van der Waals surface area contributed by atoms with E-state index >= 15 is 0 Å². The molecule has 4 rings (SSSR count). The van der Waals surface area contributed by atoms with Crippen LogP contribution in [0.1, 0.15) is 15.9 Å². The molecule has 0 radical (unpaired) electrons. The lowest BCUT2D eigenvalue weighted by atomic mass is 9.99. The number of benzene rings is 2. The second kappa shape index (κ2) is 6.75. The Labute approximate surface area is 145 Å². The smallest absolute Gasteiger partial charge is 0.254 e. The molecule has 1 fully saturated rings. The minimum atomic E-state index is 0.0483. The number of fused-ring (bicyclic) bond motifs is 1. The van der Waals surface area contributed by atoms with Gasteiger partial charge in [-0.1, -0.05) is 42.5 Å². The van der Waals surface area contributed by atoms with Gasteiger partial charge >= 0.3 is 0 Å². The maximum Gasteiger partial charge on any atom is 0.254 e. The second-order valence-corrected chi connectivity index (χ2v) is 6.88. The van der Waals surface area contributed by atoms with Gasteiger partial charge in [-0.2, -0.15) is 11.3 Å². The largest absolute Gasteiger partial charge is 0.374 e. The van der Waals surface area contributed by atoms with E-state index in [0.29, 0.717) is 19.7 Å². The van der Waals surface area contributed by atoms with E-state index in [0.717, 1.165) is 12.0 Å². The van der Waals surface area contributed by atoms with Crippen molar-refractivity contribution in [1.82, 2.24) is 4.90 Å². The highest BCUT2D eigenvalue weighted by Crippen LogP contribution is 2.22. The van der Waals surface area contributed by atoms with Gasteiger partial charge in [0.2, 0.25) is 0 Å². The molecule has 0 saturated carbocycles. The molecule has 0 unspecified atom stereocenters. The first kappa shape index (κ1) is 15.4. The zero-order chi connectivity index (χ0) is 16.4. The molecule has 1 aromatic heterocycles. The predicted octanol–water partition coefficient (Wildman–Crippen LogP) is 3.99. The van der Waals surface area contributed by atoms with Gasteiger partial charge < -0.3 is 9.64 Å². The monoisotopic (exact) mass is 337 g/mol. The molecule has 0 aliphatic carbocycles. The molecule has 24 heavy (non-hydrogen) atoms. The highest BCUT2D eigenvalue weighted by atomic mass is 32.1. The van der Waals surface area contributed by atoms with Gasteiger partial charge in [0.05, 0.1) is 18.3 Å². The molecule has 2 aromatic carbocycles. The summed E-state index contributed by atoms with van der Waals surface area (Å²) in [6.45, 7) is 1.92. The van der Waals surface area contributed by atoms with E-state index in [-0.39, 0.29) is 12.0 Å². The summed E-state index contributed by atoms with van der Waals surface area (Å²) < 4.78 is 5.94. The first-order valence-electron chi connectivity index (χ1n) is 8.21.